The molecule has 0 unspecified atom stereocenters. The maximum absolute atomic E-state index is 4.94. The SMILES string of the molecule is C=C/C(=C\C(=C/C)c1ccc2c(n1)=C(c1nc3nccc(-c4cccs4)c3[nH]1)N=2)NC(=C)C1CC1. The largest absolute Gasteiger partial charge is 0.359 e. The zero-order chi connectivity index (χ0) is 23.9. The van der Waals surface area contributed by atoms with Crippen LogP contribution in [0.15, 0.2) is 89.7 Å². The molecule has 172 valence electrons. The van der Waals surface area contributed by atoms with Gasteiger partial charge in [-0.15, -0.1) is 11.3 Å². The van der Waals surface area contributed by atoms with Gasteiger partial charge in [-0.1, -0.05) is 25.3 Å². The molecule has 0 radical (unpaired) electrons. The van der Waals surface area contributed by atoms with Crippen LogP contribution in [0.5, 0.6) is 0 Å². The second-order valence-corrected chi connectivity index (χ2v) is 9.56. The van der Waals surface area contributed by atoms with E-state index in [0.717, 1.165) is 50.1 Å². The van der Waals surface area contributed by atoms with E-state index in [-0.39, 0.29) is 0 Å². The lowest BCUT2D eigenvalue weighted by atomic mass is 10.1. The summed E-state index contributed by atoms with van der Waals surface area (Å²) in [6.07, 6.45) is 10.1. The Kier molecular flexibility index (Phi) is 5.26. The molecule has 1 aliphatic carbocycles. The summed E-state index contributed by atoms with van der Waals surface area (Å²) < 4.78 is 0. The number of pyridine rings is 2. The molecular formula is C28H24N6S. The fourth-order valence-corrected chi connectivity index (χ4v) is 4.92. The second kappa shape index (κ2) is 8.60. The van der Waals surface area contributed by atoms with Gasteiger partial charge in [-0.25, -0.2) is 19.9 Å². The van der Waals surface area contributed by atoms with Crippen molar-refractivity contribution in [2.75, 3.05) is 0 Å². The first-order chi connectivity index (χ1) is 17.1. The molecule has 2 aliphatic rings. The van der Waals surface area contributed by atoms with Crippen molar-refractivity contribution in [2.45, 2.75) is 19.8 Å². The highest BCUT2D eigenvalue weighted by Crippen LogP contribution is 2.34. The third-order valence-corrected chi connectivity index (χ3v) is 7.15. The molecule has 0 aromatic carbocycles. The van der Waals surface area contributed by atoms with Crippen LogP contribution in [0.2, 0.25) is 0 Å². The number of hydrogen-bond acceptors (Lipinski definition) is 6. The Hall–Kier alpha value is -4.10. The molecule has 0 spiro atoms. The number of nitrogens with one attached hydrogen (secondary N) is 2. The number of nitrogens with zero attached hydrogens (tertiary/aromatic N) is 4. The standard InChI is InChI=1S/C28H24N6S/c1-4-17(15-19(5-2)30-16(3)18-8-9-18)21-10-11-22-25(31-21)26(32-22)28-33-24-20(23-7-6-14-35-23)12-13-29-27(24)34-28/h4-7,10-15,18,30H,2-3,8-9H2,1H3,(H,29,33,34)/b17-4+,19-15+. The van der Waals surface area contributed by atoms with E-state index < -0.39 is 0 Å². The molecule has 1 aliphatic heterocycles. The van der Waals surface area contributed by atoms with E-state index in [1.807, 2.05) is 43.3 Å². The number of fused-ring (bicyclic) bond motifs is 2. The fourth-order valence-electron chi connectivity index (χ4n) is 4.16. The Labute approximate surface area is 206 Å². The molecule has 0 saturated heterocycles. The van der Waals surface area contributed by atoms with Gasteiger partial charge in [0.15, 0.2) is 11.5 Å². The fraction of sp³-hybridized carbons (Fsp3) is 0.143. The van der Waals surface area contributed by atoms with Gasteiger partial charge in [0.25, 0.3) is 0 Å². The summed E-state index contributed by atoms with van der Waals surface area (Å²) in [4.78, 5) is 23.4. The summed E-state index contributed by atoms with van der Waals surface area (Å²) in [5, 5.41) is 7.17. The predicted octanol–water partition coefficient (Wildman–Crippen LogP) is 4.86. The second-order valence-electron chi connectivity index (χ2n) is 8.62. The highest BCUT2D eigenvalue weighted by Gasteiger charge is 2.24. The Morgan fingerprint density at radius 2 is 2.09 bits per heavy atom. The van der Waals surface area contributed by atoms with E-state index in [9.17, 15) is 0 Å². The van der Waals surface area contributed by atoms with Crippen LogP contribution in [0, 0.1) is 5.92 Å². The van der Waals surface area contributed by atoms with Gasteiger partial charge in [0.2, 0.25) is 0 Å². The molecule has 1 fully saturated rings. The van der Waals surface area contributed by atoms with Crippen LogP contribution in [0.3, 0.4) is 0 Å². The van der Waals surface area contributed by atoms with Gasteiger partial charge < -0.3 is 10.3 Å². The molecule has 5 heterocycles. The molecule has 6 rings (SSSR count). The van der Waals surface area contributed by atoms with E-state index in [2.05, 4.69) is 51.0 Å². The van der Waals surface area contributed by atoms with E-state index >= 15 is 0 Å². The summed E-state index contributed by atoms with van der Waals surface area (Å²) >= 11 is 1.69. The van der Waals surface area contributed by atoms with Crippen molar-refractivity contribution < 1.29 is 0 Å². The molecule has 0 bridgehead atoms. The topological polar surface area (TPSA) is 78.8 Å². The minimum Gasteiger partial charge on any atom is -0.359 e. The van der Waals surface area contributed by atoms with Crippen LogP contribution in [0.25, 0.3) is 32.9 Å². The smallest absolute Gasteiger partial charge is 0.178 e. The quantitative estimate of drug-likeness (QED) is 0.356. The van der Waals surface area contributed by atoms with Crippen LogP contribution >= 0.6 is 11.3 Å². The van der Waals surface area contributed by atoms with Crippen LogP contribution in [-0.2, 0) is 0 Å². The average molecular weight is 477 g/mol. The van der Waals surface area contributed by atoms with E-state index in [1.54, 1.807) is 17.5 Å². The van der Waals surface area contributed by atoms with Gasteiger partial charge in [0.05, 0.1) is 16.6 Å². The Morgan fingerprint density at radius 1 is 1.20 bits per heavy atom. The highest BCUT2D eigenvalue weighted by molar-refractivity contribution is 7.13. The highest BCUT2D eigenvalue weighted by atomic mass is 32.1. The van der Waals surface area contributed by atoms with Gasteiger partial charge in [0.1, 0.15) is 11.0 Å². The van der Waals surface area contributed by atoms with Gasteiger partial charge >= 0.3 is 0 Å². The molecule has 4 aromatic rings. The zero-order valence-corrected chi connectivity index (χ0v) is 20.2. The Bertz CT molecular complexity index is 1670. The van der Waals surface area contributed by atoms with E-state index in [0.29, 0.717) is 17.4 Å². The number of allylic oxidation sites excluding steroid dienone is 5. The first-order valence-corrected chi connectivity index (χ1v) is 12.5. The lowest BCUT2D eigenvalue weighted by molar-refractivity contribution is 0.865. The molecule has 0 amide bonds. The lowest BCUT2D eigenvalue weighted by Gasteiger charge is -2.12. The van der Waals surface area contributed by atoms with E-state index in [1.165, 1.54) is 17.7 Å². The molecule has 0 atom stereocenters. The number of H-pyrrole nitrogens is 1. The molecule has 1 saturated carbocycles. The minimum absolute atomic E-state index is 0.569. The number of rotatable bonds is 8. The third-order valence-electron chi connectivity index (χ3n) is 6.25. The normalized spacial score (nSPS) is 15.4. The van der Waals surface area contributed by atoms with Gasteiger partial charge in [-0.3, -0.25) is 0 Å². The number of imidazole rings is 1. The average Bonchev–Trinajstić information content (AvgIpc) is 3.40. The molecule has 35 heavy (non-hydrogen) atoms. The van der Waals surface area contributed by atoms with Crippen molar-refractivity contribution in [3.8, 4) is 10.4 Å². The molecule has 6 nitrogen and oxygen atoms in total. The van der Waals surface area contributed by atoms with E-state index in [4.69, 9.17) is 9.97 Å². The van der Waals surface area contributed by atoms with Gasteiger partial charge in [-0.2, -0.15) is 0 Å². The molecule has 7 heteroatoms. The monoisotopic (exact) mass is 476 g/mol. The van der Waals surface area contributed by atoms with Crippen LogP contribution in [0.1, 0.15) is 31.3 Å². The summed E-state index contributed by atoms with van der Waals surface area (Å²) in [5.41, 5.74) is 7.25. The Balaban J connectivity index is 1.37. The van der Waals surface area contributed by atoms with Crippen molar-refractivity contribution in [3.63, 3.8) is 0 Å². The maximum Gasteiger partial charge on any atom is 0.178 e. The summed E-state index contributed by atoms with van der Waals surface area (Å²) in [6, 6.07) is 10.2. The number of aromatic nitrogens is 4. The minimum atomic E-state index is 0.569. The van der Waals surface area contributed by atoms with Crippen LogP contribution in [-0.4, -0.2) is 19.9 Å². The lowest BCUT2D eigenvalue weighted by Crippen LogP contribution is -2.39. The summed E-state index contributed by atoms with van der Waals surface area (Å²) in [5.74, 6) is 1.25. The van der Waals surface area contributed by atoms with Gasteiger partial charge in [-0.05, 0) is 73.1 Å². The summed E-state index contributed by atoms with van der Waals surface area (Å²) in [7, 11) is 0. The van der Waals surface area contributed by atoms with Crippen molar-refractivity contribution in [1.82, 2.24) is 25.3 Å². The molecule has 2 N–H and O–H groups in total. The third kappa shape index (κ3) is 3.94. The maximum atomic E-state index is 4.94. The van der Waals surface area contributed by atoms with Crippen molar-refractivity contribution in [1.29, 1.82) is 0 Å². The number of hydrogen-bond donors (Lipinski definition) is 2. The van der Waals surface area contributed by atoms with Crippen molar-refractivity contribution in [3.05, 3.63) is 107 Å². The van der Waals surface area contributed by atoms with Gasteiger partial charge in [0, 0.05) is 28.0 Å². The number of thiophene rings is 1. The Morgan fingerprint density at radius 3 is 2.83 bits per heavy atom. The first-order valence-electron chi connectivity index (χ1n) is 11.6. The predicted molar refractivity (Wildman–Crippen MR) is 142 cm³/mol. The van der Waals surface area contributed by atoms with Crippen molar-refractivity contribution in [2.24, 2.45) is 10.9 Å². The molecular weight excluding hydrogens is 452 g/mol. The zero-order valence-electron chi connectivity index (χ0n) is 19.4. The summed E-state index contributed by atoms with van der Waals surface area (Å²) in [6.45, 7) is 10.1. The first kappa shape index (κ1) is 21.4. The van der Waals surface area contributed by atoms with Crippen molar-refractivity contribution >= 4 is 33.8 Å². The number of aromatic amines is 1. The van der Waals surface area contributed by atoms with Crippen LogP contribution in [0.4, 0.5) is 0 Å². The van der Waals surface area contributed by atoms with Crippen LogP contribution < -0.4 is 16.0 Å². The molecule has 4 aromatic heterocycles.